The highest BCUT2D eigenvalue weighted by Crippen LogP contribution is 2.44. The number of rotatable bonds is 3. The molecule has 0 aromatic heterocycles. The number of anilines is 1. The molecule has 2 aliphatic rings. The molecule has 1 aliphatic heterocycles. The number of benzene rings is 1. The van der Waals surface area contributed by atoms with Gasteiger partial charge in [0.1, 0.15) is 0 Å². The summed E-state index contributed by atoms with van der Waals surface area (Å²) in [6.45, 7) is 1.48. The van der Waals surface area contributed by atoms with Crippen molar-refractivity contribution in [1.82, 2.24) is 0 Å². The van der Waals surface area contributed by atoms with Gasteiger partial charge in [0.15, 0.2) is 0 Å². The Bertz CT molecular complexity index is 460. The lowest BCUT2D eigenvalue weighted by molar-refractivity contribution is -0.122. The number of carbonyl (C=O) groups is 1. The summed E-state index contributed by atoms with van der Waals surface area (Å²) in [6.07, 6.45) is 5.06. The van der Waals surface area contributed by atoms with Gasteiger partial charge in [-0.05, 0) is 42.9 Å². The van der Waals surface area contributed by atoms with E-state index in [4.69, 9.17) is 5.73 Å². The first kappa shape index (κ1) is 11.7. The van der Waals surface area contributed by atoms with E-state index in [2.05, 4.69) is 12.1 Å². The van der Waals surface area contributed by atoms with Crippen LogP contribution >= 0.6 is 0 Å². The maximum Gasteiger partial charge on any atom is 0.227 e. The number of hydrogen-bond acceptors (Lipinski definition) is 2. The zero-order chi connectivity index (χ0) is 12.6. The van der Waals surface area contributed by atoms with E-state index in [1.165, 1.54) is 12.0 Å². The number of nitrogens with two attached hydrogens (primary N) is 1. The maximum absolute atomic E-state index is 12.4. The molecule has 1 aromatic carbocycles. The fraction of sp³-hybridized carbons (Fsp3) is 0.533. The van der Waals surface area contributed by atoms with Crippen LogP contribution in [-0.4, -0.2) is 19.0 Å². The molecule has 96 valence electrons. The van der Waals surface area contributed by atoms with Crippen molar-refractivity contribution in [2.75, 3.05) is 18.0 Å². The molecule has 3 rings (SSSR count). The lowest BCUT2D eigenvalue weighted by Gasteiger charge is -2.41. The van der Waals surface area contributed by atoms with Gasteiger partial charge in [0, 0.05) is 18.7 Å². The number of fused-ring (bicyclic) bond motifs is 1. The summed E-state index contributed by atoms with van der Waals surface area (Å²) in [5, 5.41) is 0. The van der Waals surface area contributed by atoms with E-state index >= 15 is 0 Å². The SMILES string of the molecule is NCC1(CC(=O)N2CCc3ccccc32)CCC1. The molecule has 0 saturated heterocycles. The van der Waals surface area contributed by atoms with Crippen LogP contribution in [0.25, 0.3) is 0 Å². The monoisotopic (exact) mass is 244 g/mol. The molecular formula is C15H20N2O. The molecule has 0 atom stereocenters. The second kappa shape index (κ2) is 4.39. The van der Waals surface area contributed by atoms with Crippen LogP contribution in [0.2, 0.25) is 0 Å². The van der Waals surface area contributed by atoms with Crippen molar-refractivity contribution in [3.8, 4) is 0 Å². The average molecular weight is 244 g/mol. The zero-order valence-electron chi connectivity index (χ0n) is 10.7. The van der Waals surface area contributed by atoms with Crippen LogP contribution in [0.5, 0.6) is 0 Å². The van der Waals surface area contributed by atoms with E-state index in [0.717, 1.165) is 31.5 Å². The fourth-order valence-electron chi connectivity index (χ4n) is 3.14. The highest BCUT2D eigenvalue weighted by molar-refractivity contribution is 5.95. The highest BCUT2D eigenvalue weighted by atomic mass is 16.2. The Labute approximate surface area is 108 Å². The van der Waals surface area contributed by atoms with Gasteiger partial charge < -0.3 is 10.6 Å². The predicted octanol–water partition coefficient (Wildman–Crippen LogP) is 2.09. The summed E-state index contributed by atoms with van der Waals surface area (Å²) in [7, 11) is 0. The molecule has 0 bridgehead atoms. The van der Waals surface area contributed by atoms with Gasteiger partial charge in [-0.25, -0.2) is 0 Å². The van der Waals surface area contributed by atoms with Crippen LogP contribution in [0.4, 0.5) is 5.69 Å². The standard InChI is InChI=1S/C15H20N2O/c16-11-15(7-3-8-15)10-14(18)17-9-6-12-4-1-2-5-13(12)17/h1-2,4-5H,3,6-11,16H2. The average Bonchev–Trinajstić information content (AvgIpc) is 2.77. The highest BCUT2D eigenvalue weighted by Gasteiger charge is 2.39. The number of para-hydroxylation sites is 1. The van der Waals surface area contributed by atoms with Gasteiger partial charge in [-0.15, -0.1) is 0 Å². The summed E-state index contributed by atoms with van der Waals surface area (Å²) in [6, 6.07) is 8.22. The Morgan fingerprint density at radius 1 is 1.33 bits per heavy atom. The van der Waals surface area contributed by atoms with Gasteiger partial charge in [-0.3, -0.25) is 4.79 Å². The Hall–Kier alpha value is -1.35. The first-order valence-electron chi connectivity index (χ1n) is 6.82. The summed E-state index contributed by atoms with van der Waals surface area (Å²) in [5.41, 5.74) is 8.34. The lowest BCUT2D eigenvalue weighted by Crippen LogP contribution is -2.43. The summed E-state index contributed by atoms with van der Waals surface area (Å²) in [5.74, 6) is 0.255. The molecule has 2 N–H and O–H groups in total. The number of nitrogens with zero attached hydrogens (tertiary/aromatic N) is 1. The molecule has 0 radical (unpaired) electrons. The van der Waals surface area contributed by atoms with Crippen LogP contribution in [0.15, 0.2) is 24.3 Å². The minimum absolute atomic E-state index is 0.106. The maximum atomic E-state index is 12.4. The van der Waals surface area contributed by atoms with Gasteiger partial charge in [0.25, 0.3) is 0 Å². The molecular weight excluding hydrogens is 224 g/mol. The summed E-state index contributed by atoms with van der Waals surface area (Å²) in [4.78, 5) is 14.4. The first-order chi connectivity index (χ1) is 8.74. The predicted molar refractivity (Wildman–Crippen MR) is 72.5 cm³/mol. The second-order valence-corrected chi connectivity index (χ2v) is 5.66. The third kappa shape index (κ3) is 1.83. The van der Waals surface area contributed by atoms with Crippen molar-refractivity contribution in [2.45, 2.75) is 32.1 Å². The van der Waals surface area contributed by atoms with E-state index in [0.29, 0.717) is 13.0 Å². The van der Waals surface area contributed by atoms with E-state index in [-0.39, 0.29) is 11.3 Å². The van der Waals surface area contributed by atoms with Gasteiger partial charge in [0.2, 0.25) is 5.91 Å². The number of amides is 1. The van der Waals surface area contributed by atoms with Gasteiger partial charge in [-0.1, -0.05) is 24.6 Å². The second-order valence-electron chi connectivity index (χ2n) is 5.66. The lowest BCUT2D eigenvalue weighted by atomic mass is 9.66. The molecule has 1 saturated carbocycles. The zero-order valence-corrected chi connectivity index (χ0v) is 10.7. The van der Waals surface area contributed by atoms with E-state index in [1.54, 1.807) is 0 Å². The smallest absolute Gasteiger partial charge is 0.227 e. The molecule has 1 fully saturated rings. The van der Waals surface area contributed by atoms with E-state index in [1.807, 2.05) is 17.0 Å². The van der Waals surface area contributed by atoms with Crippen molar-refractivity contribution in [3.63, 3.8) is 0 Å². The molecule has 3 heteroatoms. The van der Waals surface area contributed by atoms with Crippen LogP contribution in [-0.2, 0) is 11.2 Å². The summed E-state index contributed by atoms with van der Waals surface area (Å²) >= 11 is 0. The quantitative estimate of drug-likeness (QED) is 0.885. The minimum Gasteiger partial charge on any atom is -0.330 e. The van der Waals surface area contributed by atoms with E-state index in [9.17, 15) is 4.79 Å². The normalized spacial score (nSPS) is 20.4. The molecule has 18 heavy (non-hydrogen) atoms. The molecule has 0 unspecified atom stereocenters. The van der Waals surface area contributed by atoms with Gasteiger partial charge in [-0.2, -0.15) is 0 Å². The molecule has 1 heterocycles. The Balaban J connectivity index is 1.75. The Morgan fingerprint density at radius 3 is 2.78 bits per heavy atom. The third-order valence-electron chi connectivity index (χ3n) is 4.56. The van der Waals surface area contributed by atoms with Crippen LogP contribution in [0, 0.1) is 5.41 Å². The molecule has 1 aliphatic carbocycles. The Kier molecular flexibility index (Phi) is 2.86. The largest absolute Gasteiger partial charge is 0.330 e. The van der Waals surface area contributed by atoms with Gasteiger partial charge >= 0.3 is 0 Å². The van der Waals surface area contributed by atoms with Crippen molar-refractivity contribution in [2.24, 2.45) is 11.1 Å². The molecule has 3 nitrogen and oxygen atoms in total. The van der Waals surface area contributed by atoms with Crippen LogP contribution in [0.3, 0.4) is 0 Å². The van der Waals surface area contributed by atoms with E-state index < -0.39 is 0 Å². The van der Waals surface area contributed by atoms with Crippen molar-refractivity contribution < 1.29 is 4.79 Å². The number of carbonyl (C=O) groups excluding carboxylic acids is 1. The first-order valence-corrected chi connectivity index (χ1v) is 6.82. The van der Waals surface area contributed by atoms with Gasteiger partial charge in [0.05, 0.1) is 0 Å². The van der Waals surface area contributed by atoms with Crippen LogP contribution in [0.1, 0.15) is 31.2 Å². The van der Waals surface area contributed by atoms with Crippen molar-refractivity contribution in [1.29, 1.82) is 0 Å². The third-order valence-corrected chi connectivity index (χ3v) is 4.56. The topological polar surface area (TPSA) is 46.3 Å². The Morgan fingerprint density at radius 2 is 2.11 bits per heavy atom. The van der Waals surface area contributed by atoms with Crippen LogP contribution < -0.4 is 10.6 Å². The van der Waals surface area contributed by atoms with Crippen molar-refractivity contribution >= 4 is 11.6 Å². The number of hydrogen-bond donors (Lipinski definition) is 1. The fourth-order valence-corrected chi connectivity index (χ4v) is 3.14. The molecule has 1 aromatic rings. The molecule has 0 spiro atoms. The molecule has 1 amide bonds. The van der Waals surface area contributed by atoms with Crippen molar-refractivity contribution in [3.05, 3.63) is 29.8 Å². The summed E-state index contributed by atoms with van der Waals surface area (Å²) < 4.78 is 0. The minimum atomic E-state index is 0.106.